The van der Waals surface area contributed by atoms with E-state index in [4.69, 9.17) is 27.9 Å². The van der Waals surface area contributed by atoms with E-state index in [9.17, 15) is 9.59 Å². The van der Waals surface area contributed by atoms with Crippen LogP contribution >= 0.6 is 34.5 Å². The monoisotopic (exact) mass is 414 g/mol. The highest BCUT2D eigenvalue weighted by Crippen LogP contribution is 2.27. The number of ether oxygens (including phenoxy) is 1. The standard InChI is InChI=1S/C18H20Cl2N2O3S/c1-12(23)22-15(17-4-2-9-26-17)11-18(24)21-7-3-8-25-16-6-5-13(19)10-14(16)20/h2,4-6,9-10,15H,3,7-8,11H2,1H3,(H,21,24)(H,22,23). The molecule has 1 heterocycles. The summed E-state index contributed by atoms with van der Waals surface area (Å²) in [6, 6.07) is 8.53. The summed E-state index contributed by atoms with van der Waals surface area (Å²) < 4.78 is 5.57. The van der Waals surface area contributed by atoms with Gasteiger partial charge in [-0.15, -0.1) is 11.3 Å². The molecule has 140 valence electrons. The first kappa shape index (κ1) is 20.6. The Morgan fingerprint density at radius 1 is 1.27 bits per heavy atom. The molecule has 0 radical (unpaired) electrons. The van der Waals surface area contributed by atoms with E-state index in [-0.39, 0.29) is 24.3 Å². The van der Waals surface area contributed by atoms with Gasteiger partial charge in [0.25, 0.3) is 0 Å². The van der Waals surface area contributed by atoms with Gasteiger partial charge in [0.15, 0.2) is 0 Å². The molecule has 0 spiro atoms. The fourth-order valence-electron chi connectivity index (χ4n) is 2.29. The van der Waals surface area contributed by atoms with Crippen molar-refractivity contribution in [3.8, 4) is 5.75 Å². The van der Waals surface area contributed by atoms with Crippen LogP contribution in [0.4, 0.5) is 0 Å². The van der Waals surface area contributed by atoms with Gasteiger partial charge in [-0.2, -0.15) is 0 Å². The molecule has 2 aromatic rings. The van der Waals surface area contributed by atoms with Crippen LogP contribution in [0.25, 0.3) is 0 Å². The summed E-state index contributed by atoms with van der Waals surface area (Å²) in [7, 11) is 0. The molecule has 2 N–H and O–H groups in total. The van der Waals surface area contributed by atoms with Crippen LogP contribution in [0.1, 0.15) is 30.7 Å². The van der Waals surface area contributed by atoms with E-state index in [0.29, 0.717) is 35.4 Å². The zero-order valence-electron chi connectivity index (χ0n) is 14.3. The largest absolute Gasteiger partial charge is 0.492 e. The lowest BCUT2D eigenvalue weighted by molar-refractivity contribution is -0.122. The molecule has 0 saturated heterocycles. The maximum absolute atomic E-state index is 12.1. The molecule has 0 aliphatic heterocycles. The number of rotatable bonds is 9. The van der Waals surface area contributed by atoms with E-state index < -0.39 is 0 Å². The summed E-state index contributed by atoms with van der Waals surface area (Å²) in [6.07, 6.45) is 0.832. The predicted molar refractivity (Wildman–Crippen MR) is 105 cm³/mol. The fraction of sp³-hybridized carbons (Fsp3) is 0.333. The number of carbonyl (C=O) groups excluding carboxylic acids is 2. The van der Waals surface area contributed by atoms with Crippen molar-refractivity contribution in [1.82, 2.24) is 10.6 Å². The number of benzene rings is 1. The van der Waals surface area contributed by atoms with Gasteiger partial charge in [-0.25, -0.2) is 0 Å². The second-order valence-electron chi connectivity index (χ2n) is 5.60. The van der Waals surface area contributed by atoms with E-state index in [1.807, 2.05) is 17.5 Å². The number of hydrogen-bond acceptors (Lipinski definition) is 4. The normalized spacial score (nSPS) is 11.7. The number of nitrogens with one attached hydrogen (secondary N) is 2. The van der Waals surface area contributed by atoms with Gasteiger partial charge in [-0.05, 0) is 36.1 Å². The van der Waals surface area contributed by atoms with Gasteiger partial charge < -0.3 is 15.4 Å². The molecule has 1 unspecified atom stereocenters. The van der Waals surface area contributed by atoms with Gasteiger partial charge in [0, 0.05) is 23.4 Å². The lowest BCUT2D eigenvalue weighted by atomic mass is 10.1. The highest BCUT2D eigenvalue weighted by molar-refractivity contribution is 7.10. The molecule has 0 aliphatic rings. The molecule has 1 aromatic heterocycles. The van der Waals surface area contributed by atoms with Gasteiger partial charge in [-0.1, -0.05) is 29.3 Å². The number of hydrogen-bond donors (Lipinski definition) is 2. The molecule has 2 amide bonds. The molecule has 8 heteroatoms. The summed E-state index contributed by atoms with van der Waals surface area (Å²) in [5.74, 6) is 0.275. The van der Waals surface area contributed by atoms with Crippen molar-refractivity contribution in [3.05, 3.63) is 50.6 Å². The fourth-order valence-corrected chi connectivity index (χ4v) is 3.53. The SMILES string of the molecule is CC(=O)NC(CC(=O)NCCCOc1ccc(Cl)cc1Cl)c1cccs1. The first-order valence-electron chi connectivity index (χ1n) is 8.10. The lowest BCUT2D eigenvalue weighted by Crippen LogP contribution is -2.33. The first-order valence-corrected chi connectivity index (χ1v) is 9.74. The molecule has 26 heavy (non-hydrogen) atoms. The van der Waals surface area contributed by atoms with Crippen molar-refractivity contribution >= 4 is 46.4 Å². The van der Waals surface area contributed by atoms with Gasteiger partial charge in [0.1, 0.15) is 5.75 Å². The third-order valence-corrected chi connectivity index (χ3v) is 4.96. The van der Waals surface area contributed by atoms with Crippen LogP contribution in [-0.2, 0) is 9.59 Å². The second kappa shape index (κ2) is 10.4. The van der Waals surface area contributed by atoms with Crippen LogP contribution in [0.15, 0.2) is 35.7 Å². The van der Waals surface area contributed by atoms with Crippen LogP contribution in [0, 0.1) is 0 Å². The number of carbonyl (C=O) groups is 2. The van der Waals surface area contributed by atoms with Gasteiger partial charge in [0.2, 0.25) is 11.8 Å². The Morgan fingerprint density at radius 3 is 2.73 bits per heavy atom. The molecular formula is C18H20Cl2N2O3S. The lowest BCUT2D eigenvalue weighted by Gasteiger charge is -2.16. The third kappa shape index (κ3) is 6.86. The molecule has 0 bridgehead atoms. The Hall–Kier alpha value is -1.76. The molecule has 0 aliphatic carbocycles. The van der Waals surface area contributed by atoms with Crippen molar-refractivity contribution in [3.63, 3.8) is 0 Å². The summed E-state index contributed by atoms with van der Waals surface area (Å²) in [4.78, 5) is 24.4. The molecule has 2 rings (SSSR count). The minimum absolute atomic E-state index is 0.123. The highest BCUT2D eigenvalue weighted by Gasteiger charge is 2.17. The maximum Gasteiger partial charge on any atom is 0.222 e. The van der Waals surface area contributed by atoms with Crippen LogP contribution < -0.4 is 15.4 Å². The first-order chi connectivity index (χ1) is 12.5. The maximum atomic E-state index is 12.1. The Kier molecular flexibility index (Phi) is 8.22. The van der Waals surface area contributed by atoms with Crippen LogP contribution in [0.5, 0.6) is 5.75 Å². The smallest absolute Gasteiger partial charge is 0.222 e. The van der Waals surface area contributed by atoms with E-state index in [2.05, 4.69) is 10.6 Å². The molecule has 0 fully saturated rings. The van der Waals surface area contributed by atoms with Crippen molar-refractivity contribution in [2.24, 2.45) is 0 Å². The third-order valence-electron chi connectivity index (χ3n) is 3.45. The molecule has 0 saturated carbocycles. The molecule has 1 aromatic carbocycles. The summed E-state index contributed by atoms with van der Waals surface area (Å²) >= 11 is 13.4. The van der Waals surface area contributed by atoms with E-state index in [0.717, 1.165) is 4.88 Å². The van der Waals surface area contributed by atoms with Gasteiger partial charge >= 0.3 is 0 Å². The molecular weight excluding hydrogens is 395 g/mol. The van der Waals surface area contributed by atoms with Crippen molar-refractivity contribution in [2.75, 3.05) is 13.2 Å². The summed E-state index contributed by atoms with van der Waals surface area (Å²) in [5, 5.41) is 8.57. The van der Waals surface area contributed by atoms with Crippen molar-refractivity contribution < 1.29 is 14.3 Å². The second-order valence-corrected chi connectivity index (χ2v) is 7.42. The zero-order chi connectivity index (χ0) is 18.9. The minimum Gasteiger partial charge on any atom is -0.492 e. The van der Waals surface area contributed by atoms with E-state index >= 15 is 0 Å². The topological polar surface area (TPSA) is 67.4 Å². The Balaban J connectivity index is 1.71. The van der Waals surface area contributed by atoms with Crippen molar-refractivity contribution in [1.29, 1.82) is 0 Å². The van der Waals surface area contributed by atoms with Gasteiger partial charge in [-0.3, -0.25) is 9.59 Å². The van der Waals surface area contributed by atoms with E-state index in [1.54, 1.807) is 18.2 Å². The van der Waals surface area contributed by atoms with Crippen LogP contribution in [-0.4, -0.2) is 25.0 Å². The Morgan fingerprint density at radius 2 is 2.08 bits per heavy atom. The van der Waals surface area contributed by atoms with Crippen LogP contribution in [0.2, 0.25) is 10.0 Å². The summed E-state index contributed by atoms with van der Waals surface area (Å²) in [5.41, 5.74) is 0. The Labute approximate surface area is 166 Å². The highest BCUT2D eigenvalue weighted by atomic mass is 35.5. The van der Waals surface area contributed by atoms with Gasteiger partial charge in [0.05, 0.1) is 24.1 Å². The van der Waals surface area contributed by atoms with Crippen LogP contribution in [0.3, 0.4) is 0 Å². The predicted octanol–water partition coefficient (Wildman–Crippen LogP) is 4.21. The Bertz CT molecular complexity index is 738. The van der Waals surface area contributed by atoms with E-state index in [1.165, 1.54) is 18.3 Å². The number of halogens is 2. The average molecular weight is 415 g/mol. The number of thiophene rings is 1. The zero-order valence-corrected chi connectivity index (χ0v) is 16.6. The average Bonchev–Trinajstić information content (AvgIpc) is 3.10. The van der Waals surface area contributed by atoms with Crippen molar-refractivity contribution in [2.45, 2.75) is 25.8 Å². The number of amides is 2. The molecule has 5 nitrogen and oxygen atoms in total. The quantitative estimate of drug-likeness (QED) is 0.603. The molecule has 1 atom stereocenters. The minimum atomic E-state index is -0.309. The summed E-state index contributed by atoms with van der Waals surface area (Å²) in [6.45, 7) is 2.33.